The van der Waals surface area contributed by atoms with Crippen molar-refractivity contribution < 1.29 is 17.6 Å². The van der Waals surface area contributed by atoms with Gasteiger partial charge in [0.25, 0.3) is 0 Å². The molecule has 10 heteroatoms. The molecule has 0 spiro atoms. The number of nitrogens with two attached hydrogens (primary N) is 1. The molecule has 1 amide bonds. The second-order valence-corrected chi connectivity index (χ2v) is 13.2. The lowest BCUT2D eigenvalue weighted by Crippen LogP contribution is -2.57. The van der Waals surface area contributed by atoms with Crippen molar-refractivity contribution in [2.75, 3.05) is 24.2 Å². The molecule has 0 radical (unpaired) electrons. The smallest absolute Gasteiger partial charge is 0.241 e. The predicted octanol–water partition coefficient (Wildman–Crippen LogP) is 4.66. The quantitative estimate of drug-likeness (QED) is 0.380. The second kappa shape index (κ2) is 13.1. The summed E-state index contributed by atoms with van der Waals surface area (Å²) in [5.74, 6) is -0.728. The van der Waals surface area contributed by atoms with E-state index in [-0.39, 0.29) is 42.0 Å². The highest BCUT2D eigenvalue weighted by Crippen LogP contribution is 2.34. The number of rotatable bonds is 10. The Labute approximate surface area is 236 Å². The van der Waals surface area contributed by atoms with Crippen LogP contribution in [0.2, 0.25) is 5.02 Å². The summed E-state index contributed by atoms with van der Waals surface area (Å²) < 4.78 is 42.4. The molecule has 4 N–H and O–H groups in total. The largest absolute Gasteiger partial charge is 0.324 e. The zero-order valence-electron chi connectivity index (χ0n) is 22.7. The SMILES string of the molecule is CCC(CC)C(c1ccc(Cl)cc1)C(N)C(=O)Nc1cccc(F)c1CCC1CNC2CCCS(=O)(=O)N1C2. The van der Waals surface area contributed by atoms with Gasteiger partial charge >= 0.3 is 0 Å². The molecule has 2 aliphatic rings. The van der Waals surface area contributed by atoms with Crippen molar-refractivity contribution in [3.63, 3.8) is 0 Å². The number of nitrogens with zero attached hydrogens (tertiary/aromatic N) is 1. The van der Waals surface area contributed by atoms with Crippen LogP contribution in [0.15, 0.2) is 42.5 Å². The summed E-state index contributed by atoms with van der Waals surface area (Å²) in [5, 5.41) is 6.96. The number of sulfonamides is 1. The molecule has 2 aromatic rings. The Morgan fingerprint density at radius 3 is 2.62 bits per heavy atom. The van der Waals surface area contributed by atoms with E-state index in [1.807, 2.05) is 12.1 Å². The molecule has 0 saturated carbocycles. The molecule has 2 aliphatic heterocycles. The van der Waals surface area contributed by atoms with Gasteiger partial charge in [0.15, 0.2) is 0 Å². The van der Waals surface area contributed by atoms with Crippen LogP contribution in [0.25, 0.3) is 0 Å². The average molecular weight is 579 g/mol. The number of nitrogens with one attached hydrogen (secondary N) is 2. The Bertz CT molecular complexity index is 1240. The van der Waals surface area contributed by atoms with E-state index in [2.05, 4.69) is 24.5 Å². The van der Waals surface area contributed by atoms with Crippen LogP contribution in [0.3, 0.4) is 0 Å². The molecule has 7 nitrogen and oxygen atoms in total. The Kier molecular flexibility index (Phi) is 10.0. The fourth-order valence-electron chi connectivity index (χ4n) is 6.12. The molecule has 2 bridgehead atoms. The number of piperazine rings is 1. The van der Waals surface area contributed by atoms with Crippen molar-refractivity contribution in [1.82, 2.24) is 9.62 Å². The highest BCUT2D eigenvalue weighted by atomic mass is 35.5. The summed E-state index contributed by atoms with van der Waals surface area (Å²) in [6.07, 6.45) is 3.90. The first-order valence-electron chi connectivity index (χ1n) is 14.0. The van der Waals surface area contributed by atoms with Crippen LogP contribution in [-0.2, 0) is 21.2 Å². The molecule has 0 aliphatic carbocycles. The van der Waals surface area contributed by atoms with Crippen LogP contribution in [-0.4, -0.2) is 55.6 Å². The van der Waals surface area contributed by atoms with E-state index in [0.29, 0.717) is 42.2 Å². The number of hydrogen-bond acceptors (Lipinski definition) is 5. The number of anilines is 1. The number of hydrogen-bond donors (Lipinski definition) is 3. The summed E-state index contributed by atoms with van der Waals surface area (Å²) in [6, 6.07) is 11.1. The van der Waals surface area contributed by atoms with E-state index in [1.165, 1.54) is 6.07 Å². The summed E-state index contributed by atoms with van der Waals surface area (Å²) >= 11 is 6.10. The number of benzene rings is 2. The minimum absolute atomic E-state index is 0.145. The number of carbonyl (C=O) groups excluding carboxylic acids is 1. The van der Waals surface area contributed by atoms with Gasteiger partial charge in [0.1, 0.15) is 5.82 Å². The Balaban J connectivity index is 1.52. The van der Waals surface area contributed by atoms with Crippen LogP contribution in [0.5, 0.6) is 0 Å². The summed E-state index contributed by atoms with van der Waals surface area (Å²) in [4.78, 5) is 13.5. The molecule has 2 aromatic carbocycles. The minimum atomic E-state index is -3.34. The molecule has 39 heavy (non-hydrogen) atoms. The van der Waals surface area contributed by atoms with E-state index in [4.69, 9.17) is 17.3 Å². The number of halogens is 2. The van der Waals surface area contributed by atoms with Gasteiger partial charge in [0.2, 0.25) is 15.9 Å². The predicted molar refractivity (Wildman–Crippen MR) is 155 cm³/mol. The second-order valence-electron chi connectivity index (χ2n) is 10.8. The van der Waals surface area contributed by atoms with E-state index in [1.54, 1.807) is 28.6 Å². The molecule has 214 valence electrons. The van der Waals surface area contributed by atoms with Gasteiger partial charge in [0.05, 0.1) is 11.8 Å². The standard InChI is InChI=1S/C29H40ClFN4O3S/c1-3-19(4-2)27(20-10-12-21(30)13-11-20)28(32)29(36)34-26-9-5-8-25(31)24(26)15-14-23-17-33-22-7-6-16-39(37,38)35(23)18-22/h5,8-13,19,22-23,27-28,33H,3-4,6-7,14-18,32H2,1-2H3,(H,34,36). The zero-order valence-corrected chi connectivity index (χ0v) is 24.3. The summed E-state index contributed by atoms with van der Waals surface area (Å²) in [6.45, 7) is 5.15. The molecule has 2 fully saturated rings. The Hall–Kier alpha value is -2.04. The van der Waals surface area contributed by atoms with Gasteiger partial charge in [-0.3, -0.25) is 4.79 Å². The molecule has 5 unspecified atom stereocenters. The number of amides is 1. The maximum Gasteiger partial charge on any atom is 0.241 e. The first kappa shape index (κ1) is 29.9. The van der Waals surface area contributed by atoms with E-state index in [0.717, 1.165) is 24.8 Å². The van der Waals surface area contributed by atoms with E-state index >= 15 is 4.39 Å². The van der Waals surface area contributed by atoms with Crippen molar-refractivity contribution in [1.29, 1.82) is 0 Å². The average Bonchev–Trinajstić information content (AvgIpc) is 3.03. The number of carbonyl (C=O) groups is 1. The molecular formula is C29H40ClFN4O3S. The molecule has 5 atom stereocenters. The Morgan fingerprint density at radius 2 is 1.92 bits per heavy atom. The van der Waals surface area contributed by atoms with Crippen molar-refractivity contribution in [3.05, 3.63) is 64.4 Å². The van der Waals surface area contributed by atoms with Gasteiger partial charge < -0.3 is 16.4 Å². The fraction of sp³-hybridized carbons (Fsp3) is 0.552. The number of fused-ring (bicyclic) bond motifs is 2. The van der Waals surface area contributed by atoms with Crippen LogP contribution < -0.4 is 16.4 Å². The topological polar surface area (TPSA) is 105 Å². The first-order valence-corrected chi connectivity index (χ1v) is 16.0. The molecular weight excluding hydrogens is 539 g/mol. The normalized spacial score (nSPS) is 24.1. The highest BCUT2D eigenvalue weighted by Gasteiger charge is 2.38. The van der Waals surface area contributed by atoms with Crippen molar-refractivity contribution in [2.24, 2.45) is 11.7 Å². The first-order chi connectivity index (χ1) is 18.6. The summed E-state index contributed by atoms with van der Waals surface area (Å²) in [5.41, 5.74) is 8.26. The third-order valence-electron chi connectivity index (χ3n) is 8.37. The summed E-state index contributed by atoms with van der Waals surface area (Å²) in [7, 11) is -3.34. The molecule has 2 heterocycles. The van der Waals surface area contributed by atoms with Gasteiger partial charge in [-0.1, -0.05) is 56.5 Å². The minimum Gasteiger partial charge on any atom is -0.324 e. The third-order valence-corrected chi connectivity index (χ3v) is 10.6. The lowest BCUT2D eigenvalue weighted by atomic mass is 9.77. The highest BCUT2D eigenvalue weighted by molar-refractivity contribution is 7.89. The molecule has 2 saturated heterocycles. The fourth-order valence-corrected chi connectivity index (χ4v) is 8.05. The van der Waals surface area contributed by atoms with Crippen LogP contribution in [0, 0.1) is 11.7 Å². The third kappa shape index (κ3) is 7.00. The monoisotopic (exact) mass is 578 g/mol. The zero-order chi connectivity index (χ0) is 28.2. The van der Waals surface area contributed by atoms with Gasteiger partial charge in [-0.05, 0) is 61.4 Å². The Morgan fingerprint density at radius 1 is 1.21 bits per heavy atom. The van der Waals surface area contributed by atoms with Gasteiger partial charge in [-0.2, -0.15) is 4.31 Å². The lowest BCUT2D eigenvalue weighted by Gasteiger charge is -2.37. The van der Waals surface area contributed by atoms with Crippen molar-refractivity contribution in [3.8, 4) is 0 Å². The van der Waals surface area contributed by atoms with E-state index in [9.17, 15) is 13.2 Å². The van der Waals surface area contributed by atoms with Crippen LogP contribution >= 0.6 is 11.6 Å². The van der Waals surface area contributed by atoms with Gasteiger partial charge in [-0.15, -0.1) is 0 Å². The van der Waals surface area contributed by atoms with Crippen LogP contribution in [0.4, 0.5) is 10.1 Å². The maximum atomic E-state index is 15.1. The van der Waals surface area contributed by atoms with Crippen molar-refractivity contribution in [2.45, 2.75) is 76.4 Å². The van der Waals surface area contributed by atoms with Crippen molar-refractivity contribution >= 4 is 33.2 Å². The van der Waals surface area contributed by atoms with Crippen LogP contribution in [0.1, 0.15) is 63.0 Å². The van der Waals surface area contributed by atoms with Gasteiger partial charge in [-0.25, -0.2) is 12.8 Å². The van der Waals surface area contributed by atoms with Gasteiger partial charge in [0, 0.05) is 47.4 Å². The lowest BCUT2D eigenvalue weighted by molar-refractivity contribution is -0.118. The molecule has 4 rings (SSSR count). The maximum absolute atomic E-state index is 15.1. The van der Waals surface area contributed by atoms with E-state index < -0.39 is 21.9 Å². The molecule has 0 aromatic heterocycles.